The third-order valence-corrected chi connectivity index (χ3v) is 3.39. The Hall–Kier alpha value is -0.210. The van der Waals surface area contributed by atoms with E-state index in [1.165, 1.54) is 25.7 Å². The van der Waals surface area contributed by atoms with Crippen molar-refractivity contribution in [3.63, 3.8) is 0 Å². The molecule has 0 aliphatic heterocycles. The number of benzene rings is 1. The second kappa shape index (κ2) is 7.18. The molecule has 1 N–H and O–H groups in total. The van der Waals surface area contributed by atoms with Gasteiger partial charge in [-0.05, 0) is 31.5 Å². The molecule has 1 aromatic carbocycles. The summed E-state index contributed by atoms with van der Waals surface area (Å²) < 4.78 is 1.06. The van der Waals surface area contributed by atoms with E-state index in [4.69, 9.17) is 11.6 Å². The van der Waals surface area contributed by atoms with E-state index in [2.05, 4.69) is 35.1 Å². The second-order valence-corrected chi connectivity index (χ2v) is 5.49. The van der Waals surface area contributed by atoms with Crippen LogP contribution in [-0.2, 0) is 0 Å². The summed E-state index contributed by atoms with van der Waals surface area (Å²) in [6.07, 6.45) is 5.04. The third-order valence-electron chi connectivity index (χ3n) is 2.57. The van der Waals surface area contributed by atoms with Crippen LogP contribution >= 0.6 is 27.5 Å². The van der Waals surface area contributed by atoms with Crippen molar-refractivity contribution in [3.8, 4) is 0 Å². The predicted molar refractivity (Wildman–Crippen MR) is 76.4 cm³/mol. The number of rotatable bonds is 6. The average Bonchev–Trinajstić information content (AvgIpc) is 2.24. The van der Waals surface area contributed by atoms with Crippen LogP contribution in [0.3, 0.4) is 0 Å². The molecule has 0 fully saturated rings. The first-order valence-electron chi connectivity index (χ1n) is 5.85. The lowest BCUT2D eigenvalue weighted by Gasteiger charge is -2.16. The van der Waals surface area contributed by atoms with Crippen molar-refractivity contribution in [2.45, 2.75) is 45.6 Å². The molecule has 0 aliphatic carbocycles. The topological polar surface area (TPSA) is 12.0 Å². The van der Waals surface area contributed by atoms with Crippen molar-refractivity contribution in [1.82, 2.24) is 0 Å². The fraction of sp³-hybridized carbons (Fsp3) is 0.538. The molecule has 0 saturated carbocycles. The molecule has 0 spiro atoms. The van der Waals surface area contributed by atoms with Gasteiger partial charge >= 0.3 is 0 Å². The van der Waals surface area contributed by atoms with E-state index in [9.17, 15) is 0 Å². The zero-order valence-corrected chi connectivity index (χ0v) is 12.2. The van der Waals surface area contributed by atoms with Crippen molar-refractivity contribution in [3.05, 3.63) is 27.7 Å². The third kappa shape index (κ3) is 4.75. The van der Waals surface area contributed by atoms with E-state index in [0.29, 0.717) is 6.04 Å². The molecule has 0 heterocycles. The second-order valence-electron chi connectivity index (χ2n) is 4.17. The Morgan fingerprint density at radius 2 is 2.12 bits per heavy atom. The van der Waals surface area contributed by atoms with E-state index >= 15 is 0 Å². The number of hydrogen-bond donors (Lipinski definition) is 1. The van der Waals surface area contributed by atoms with Crippen molar-refractivity contribution < 1.29 is 0 Å². The summed E-state index contributed by atoms with van der Waals surface area (Å²) in [5.41, 5.74) is 1.01. The maximum absolute atomic E-state index is 6.12. The van der Waals surface area contributed by atoms with Crippen LogP contribution in [0.5, 0.6) is 0 Å². The van der Waals surface area contributed by atoms with Crippen LogP contribution in [-0.4, -0.2) is 6.04 Å². The number of hydrogen-bond acceptors (Lipinski definition) is 1. The van der Waals surface area contributed by atoms with Gasteiger partial charge in [0.05, 0.1) is 10.7 Å². The molecule has 1 aromatic rings. The zero-order chi connectivity index (χ0) is 12.0. The smallest absolute Gasteiger partial charge is 0.0638 e. The maximum atomic E-state index is 6.12. The molecule has 1 atom stereocenters. The van der Waals surface area contributed by atoms with Crippen LogP contribution < -0.4 is 5.32 Å². The van der Waals surface area contributed by atoms with Crippen LogP contribution in [0.25, 0.3) is 0 Å². The summed E-state index contributed by atoms with van der Waals surface area (Å²) in [6, 6.07) is 6.36. The summed E-state index contributed by atoms with van der Waals surface area (Å²) in [7, 11) is 0. The molecule has 0 aliphatic rings. The molecule has 1 nitrogen and oxygen atoms in total. The highest BCUT2D eigenvalue weighted by Crippen LogP contribution is 2.26. The maximum Gasteiger partial charge on any atom is 0.0638 e. The highest BCUT2D eigenvalue weighted by atomic mass is 79.9. The lowest BCUT2D eigenvalue weighted by Crippen LogP contribution is -2.15. The van der Waals surface area contributed by atoms with E-state index in [1.807, 2.05) is 18.2 Å². The van der Waals surface area contributed by atoms with Gasteiger partial charge in [0, 0.05) is 10.5 Å². The Balaban J connectivity index is 2.48. The predicted octanol–water partition coefficient (Wildman–Crippen LogP) is 5.48. The van der Waals surface area contributed by atoms with Crippen molar-refractivity contribution >= 4 is 33.2 Å². The molecule has 90 valence electrons. The quantitative estimate of drug-likeness (QED) is 0.686. The van der Waals surface area contributed by atoms with Gasteiger partial charge in [-0.25, -0.2) is 0 Å². The van der Waals surface area contributed by atoms with Gasteiger partial charge in [-0.15, -0.1) is 0 Å². The fourth-order valence-electron chi connectivity index (χ4n) is 1.65. The molecule has 16 heavy (non-hydrogen) atoms. The van der Waals surface area contributed by atoms with Gasteiger partial charge < -0.3 is 5.32 Å². The summed E-state index contributed by atoms with van der Waals surface area (Å²) in [5.74, 6) is 0. The largest absolute Gasteiger partial charge is 0.381 e. The molecular weight excluding hydrogens is 286 g/mol. The lowest BCUT2D eigenvalue weighted by molar-refractivity contribution is 0.615. The highest BCUT2D eigenvalue weighted by molar-refractivity contribution is 9.10. The summed E-state index contributed by atoms with van der Waals surface area (Å²) in [4.78, 5) is 0. The van der Waals surface area contributed by atoms with Gasteiger partial charge in [0.2, 0.25) is 0 Å². The van der Waals surface area contributed by atoms with E-state index in [1.54, 1.807) is 0 Å². The van der Waals surface area contributed by atoms with Gasteiger partial charge in [-0.3, -0.25) is 0 Å². The van der Waals surface area contributed by atoms with Crippen LogP contribution in [0.1, 0.15) is 39.5 Å². The minimum absolute atomic E-state index is 0.471. The highest BCUT2D eigenvalue weighted by Gasteiger charge is 2.05. The average molecular weight is 305 g/mol. The molecule has 1 rings (SSSR count). The van der Waals surface area contributed by atoms with Gasteiger partial charge in [0.15, 0.2) is 0 Å². The number of halogens is 2. The number of nitrogens with one attached hydrogen (secondary N) is 1. The molecule has 0 aromatic heterocycles. The van der Waals surface area contributed by atoms with E-state index in [0.717, 1.165) is 15.2 Å². The summed E-state index contributed by atoms with van der Waals surface area (Å²) >= 11 is 9.57. The molecule has 0 radical (unpaired) electrons. The Labute approximate surface area is 112 Å². The summed E-state index contributed by atoms with van der Waals surface area (Å²) in [6.45, 7) is 4.43. The summed E-state index contributed by atoms with van der Waals surface area (Å²) in [5, 5.41) is 4.23. The normalized spacial score (nSPS) is 12.5. The van der Waals surface area contributed by atoms with Crippen LogP contribution in [0.4, 0.5) is 5.69 Å². The fourth-order valence-corrected chi connectivity index (χ4v) is 2.18. The zero-order valence-electron chi connectivity index (χ0n) is 9.89. The SMILES string of the molecule is CCCCCC(C)Nc1cc(Br)ccc1Cl. The van der Waals surface area contributed by atoms with E-state index in [-0.39, 0.29) is 0 Å². The van der Waals surface area contributed by atoms with Gasteiger partial charge in [0.25, 0.3) is 0 Å². The number of anilines is 1. The van der Waals surface area contributed by atoms with Crippen LogP contribution in [0.15, 0.2) is 22.7 Å². The first-order valence-corrected chi connectivity index (χ1v) is 7.02. The van der Waals surface area contributed by atoms with Gasteiger partial charge in [-0.1, -0.05) is 53.7 Å². The molecule has 3 heteroatoms. The molecule has 0 amide bonds. The van der Waals surface area contributed by atoms with E-state index < -0.39 is 0 Å². The van der Waals surface area contributed by atoms with Crippen LogP contribution in [0, 0.1) is 0 Å². The van der Waals surface area contributed by atoms with Crippen molar-refractivity contribution in [2.75, 3.05) is 5.32 Å². The molecule has 0 saturated heterocycles. The molecule has 1 unspecified atom stereocenters. The van der Waals surface area contributed by atoms with Crippen molar-refractivity contribution in [1.29, 1.82) is 0 Å². The Bertz CT molecular complexity index is 328. The van der Waals surface area contributed by atoms with Gasteiger partial charge in [-0.2, -0.15) is 0 Å². The van der Waals surface area contributed by atoms with Gasteiger partial charge in [0.1, 0.15) is 0 Å². The Morgan fingerprint density at radius 3 is 2.81 bits per heavy atom. The standard InChI is InChI=1S/C13H19BrClN/c1-3-4-5-6-10(2)16-13-9-11(14)7-8-12(13)15/h7-10,16H,3-6H2,1-2H3. The monoisotopic (exact) mass is 303 g/mol. The lowest BCUT2D eigenvalue weighted by atomic mass is 10.1. The molecule has 0 bridgehead atoms. The molecular formula is C13H19BrClN. The Morgan fingerprint density at radius 1 is 1.38 bits per heavy atom. The van der Waals surface area contributed by atoms with Crippen LogP contribution in [0.2, 0.25) is 5.02 Å². The minimum Gasteiger partial charge on any atom is -0.381 e. The van der Waals surface area contributed by atoms with Crippen molar-refractivity contribution in [2.24, 2.45) is 0 Å². The number of unbranched alkanes of at least 4 members (excludes halogenated alkanes) is 2. The minimum atomic E-state index is 0.471. The first kappa shape index (κ1) is 13.9. The first-order chi connectivity index (χ1) is 7.63. The Kier molecular flexibility index (Phi) is 6.22.